The molecule has 0 saturated heterocycles. The number of nitrogens with zero attached hydrogens (tertiary/aromatic N) is 4. The van der Waals surface area contributed by atoms with Crippen LogP contribution in [0.2, 0.25) is 5.02 Å². The van der Waals surface area contributed by atoms with Crippen LogP contribution in [0.25, 0.3) is 34.0 Å². The van der Waals surface area contributed by atoms with E-state index in [1.54, 1.807) is 35.0 Å². The van der Waals surface area contributed by atoms with Crippen molar-refractivity contribution in [1.29, 1.82) is 0 Å². The van der Waals surface area contributed by atoms with E-state index in [4.69, 9.17) is 25.7 Å². The lowest BCUT2D eigenvalue weighted by molar-refractivity contribution is 0.415. The SMILES string of the molecule is COc1ccc(-n2c(-c3ccco3)nc3c(cnn3-c3ccc(C)c(C)c3)c2=O)cc1Cl. The van der Waals surface area contributed by atoms with Crippen molar-refractivity contribution in [3.8, 4) is 28.7 Å². The number of furan rings is 1. The highest BCUT2D eigenvalue weighted by atomic mass is 35.5. The van der Waals surface area contributed by atoms with E-state index in [1.165, 1.54) is 29.7 Å². The Kier molecular flexibility index (Phi) is 4.83. The third-order valence-corrected chi connectivity index (χ3v) is 5.77. The normalized spacial score (nSPS) is 11.2. The van der Waals surface area contributed by atoms with Gasteiger partial charge in [0.1, 0.15) is 11.1 Å². The molecular formula is C24H19ClN4O3. The molecule has 5 aromatic rings. The number of aromatic nitrogens is 4. The zero-order valence-electron chi connectivity index (χ0n) is 17.7. The highest BCUT2D eigenvalue weighted by molar-refractivity contribution is 6.32. The summed E-state index contributed by atoms with van der Waals surface area (Å²) in [6, 6.07) is 14.6. The maximum atomic E-state index is 13.6. The smallest absolute Gasteiger partial charge is 0.269 e. The number of aryl methyl sites for hydroxylation is 2. The molecule has 7 nitrogen and oxygen atoms in total. The monoisotopic (exact) mass is 446 g/mol. The largest absolute Gasteiger partial charge is 0.495 e. The predicted molar refractivity (Wildman–Crippen MR) is 123 cm³/mol. The van der Waals surface area contributed by atoms with Gasteiger partial charge in [0.25, 0.3) is 5.56 Å². The standard InChI is InChI=1S/C24H19ClN4O3/c1-14-6-7-17(11-15(14)2)29-22-18(13-26-29)24(30)28(23(27-22)21-5-4-10-32-21)16-8-9-20(31-3)19(25)12-16/h4-13H,1-3H3. The number of hydrogen-bond acceptors (Lipinski definition) is 5. The fraction of sp³-hybridized carbons (Fsp3) is 0.125. The van der Waals surface area contributed by atoms with Gasteiger partial charge in [-0.1, -0.05) is 17.7 Å². The highest BCUT2D eigenvalue weighted by Gasteiger charge is 2.20. The number of halogens is 1. The Morgan fingerprint density at radius 3 is 2.53 bits per heavy atom. The summed E-state index contributed by atoms with van der Waals surface area (Å²) in [6.45, 7) is 4.08. The van der Waals surface area contributed by atoms with Crippen LogP contribution in [0.3, 0.4) is 0 Å². The lowest BCUT2D eigenvalue weighted by Crippen LogP contribution is -2.22. The van der Waals surface area contributed by atoms with E-state index in [1.807, 2.05) is 32.0 Å². The zero-order valence-corrected chi connectivity index (χ0v) is 18.4. The van der Waals surface area contributed by atoms with Crippen LogP contribution in [0.15, 0.2) is 70.2 Å². The molecule has 5 rings (SSSR count). The molecule has 8 heteroatoms. The van der Waals surface area contributed by atoms with Gasteiger partial charge >= 0.3 is 0 Å². The summed E-state index contributed by atoms with van der Waals surface area (Å²) in [6.07, 6.45) is 3.07. The van der Waals surface area contributed by atoms with E-state index in [0.29, 0.717) is 39.1 Å². The minimum absolute atomic E-state index is 0.280. The van der Waals surface area contributed by atoms with Gasteiger partial charge in [-0.15, -0.1) is 0 Å². The lowest BCUT2D eigenvalue weighted by atomic mass is 10.1. The molecule has 0 radical (unpaired) electrons. The van der Waals surface area contributed by atoms with E-state index in [2.05, 4.69) is 5.10 Å². The van der Waals surface area contributed by atoms with Crippen molar-refractivity contribution < 1.29 is 9.15 Å². The predicted octanol–water partition coefficient (Wildman–Crippen LogP) is 5.11. The Hall–Kier alpha value is -3.84. The Morgan fingerprint density at radius 2 is 1.84 bits per heavy atom. The molecule has 0 N–H and O–H groups in total. The summed E-state index contributed by atoms with van der Waals surface area (Å²) in [4.78, 5) is 18.4. The van der Waals surface area contributed by atoms with Crippen molar-refractivity contribution in [2.45, 2.75) is 13.8 Å². The molecule has 160 valence electrons. The molecule has 2 aromatic carbocycles. The first-order valence-electron chi connectivity index (χ1n) is 9.94. The minimum atomic E-state index is -0.280. The zero-order chi connectivity index (χ0) is 22.4. The third kappa shape index (κ3) is 3.18. The van der Waals surface area contributed by atoms with E-state index in [-0.39, 0.29) is 5.56 Å². The fourth-order valence-corrected chi connectivity index (χ4v) is 3.87. The molecule has 0 aliphatic heterocycles. The Bertz CT molecular complexity index is 1520. The fourth-order valence-electron chi connectivity index (χ4n) is 3.62. The molecule has 0 fully saturated rings. The first-order chi connectivity index (χ1) is 15.5. The topological polar surface area (TPSA) is 75.1 Å². The van der Waals surface area contributed by atoms with Gasteiger partial charge < -0.3 is 9.15 Å². The maximum Gasteiger partial charge on any atom is 0.269 e. The summed E-state index contributed by atoms with van der Waals surface area (Å²) in [5, 5.41) is 5.23. The number of ether oxygens (including phenoxy) is 1. The van der Waals surface area contributed by atoms with Gasteiger partial charge in [0.15, 0.2) is 17.2 Å². The van der Waals surface area contributed by atoms with Gasteiger partial charge in [-0.05, 0) is 67.4 Å². The van der Waals surface area contributed by atoms with Crippen molar-refractivity contribution >= 4 is 22.6 Å². The molecule has 32 heavy (non-hydrogen) atoms. The van der Waals surface area contributed by atoms with Crippen LogP contribution in [0.1, 0.15) is 11.1 Å². The average molecular weight is 447 g/mol. The molecule has 0 aliphatic carbocycles. The second kappa shape index (κ2) is 7.69. The van der Waals surface area contributed by atoms with Crippen LogP contribution in [-0.4, -0.2) is 26.4 Å². The molecule has 3 aromatic heterocycles. The van der Waals surface area contributed by atoms with Gasteiger partial charge in [0, 0.05) is 0 Å². The van der Waals surface area contributed by atoms with Gasteiger partial charge in [0.2, 0.25) is 0 Å². The van der Waals surface area contributed by atoms with E-state index >= 15 is 0 Å². The highest BCUT2D eigenvalue weighted by Crippen LogP contribution is 2.29. The van der Waals surface area contributed by atoms with Gasteiger partial charge in [-0.2, -0.15) is 5.10 Å². The van der Waals surface area contributed by atoms with Crippen molar-refractivity contribution in [3.05, 3.63) is 87.5 Å². The Labute approximate surface area is 188 Å². The quantitative estimate of drug-likeness (QED) is 0.383. The molecule has 0 atom stereocenters. The maximum absolute atomic E-state index is 13.6. The summed E-state index contributed by atoms with van der Waals surface area (Å²) in [5.74, 6) is 1.31. The van der Waals surface area contributed by atoms with Gasteiger partial charge in [0.05, 0.1) is 36.0 Å². The number of hydrogen-bond donors (Lipinski definition) is 0. The van der Waals surface area contributed by atoms with Crippen LogP contribution < -0.4 is 10.3 Å². The van der Waals surface area contributed by atoms with E-state index in [9.17, 15) is 4.79 Å². The first-order valence-corrected chi connectivity index (χ1v) is 10.3. The van der Waals surface area contributed by atoms with Crippen molar-refractivity contribution in [1.82, 2.24) is 19.3 Å². The number of fused-ring (bicyclic) bond motifs is 1. The summed E-state index contributed by atoms with van der Waals surface area (Å²) >= 11 is 6.34. The Morgan fingerprint density at radius 1 is 1.03 bits per heavy atom. The molecule has 0 bridgehead atoms. The van der Waals surface area contributed by atoms with Crippen LogP contribution in [0.4, 0.5) is 0 Å². The molecule has 0 amide bonds. The number of methoxy groups -OCH3 is 1. The van der Waals surface area contributed by atoms with Gasteiger partial charge in [-0.3, -0.25) is 9.36 Å². The molecule has 0 unspecified atom stereocenters. The summed E-state index contributed by atoms with van der Waals surface area (Å²) < 4.78 is 14.0. The average Bonchev–Trinajstić information content (AvgIpc) is 3.46. The molecule has 3 heterocycles. The second-order valence-electron chi connectivity index (χ2n) is 7.43. The number of benzene rings is 2. The van der Waals surface area contributed by atoms with Crippen LogP contribution in [0.5, 0.6) is 5.75 Å². The molecule has 0 saturated carbocycles. The third-order valence-electron chi connectivity index (χ3n) is 5.47. The Balaban J connectivity index is 1.81. The number of rotatable bonds is 4. The first kappa shape index (κ1) is 20.1. The molecular weight excluding hydrogens is 428 g/mol. The molecule has 0 spiro atoms. The van der Waals surface area contributed by atoms with Crippen molar-refractivity contribution in [3.63, 3.8) is 0 Å². The second-order valence-corrected chi connectivity index (χ2v) is 7.84. The van der Waals surface area contributed by atoms with Crippen LogP contribution in [-0.2, 0) is 0 Å². The van der Waals surface area contributed by atoms with E-state index < -0.39 is 0 Å². The van der Waals surface area contributed by atoms with Gasteiger partial charge in [-0.25, -0.2) is 9.67 Å². The molecule has 0 aliphatic rings. The summed E-state index contributed by atoms with van der Waals surface area (Å²) in [5.41, 5.74) is 3.83. The van der Waals surface area contributed by atoms with Crippen molar-refractivity contribution in [2.75, 3.05) is 7.11 Å². The lowest BCUT2D eigenvalue weighted by Gasteiger charge is -2.13. The van der Waals surface area contributed by atoms with E-state index in [0.717, 1.165) is 11.3 Å². The van der Waals surface area contributed by atoms with Crippen LogP contribution in [0, 0.1) is 13.8 Å². The summed E-state index contributed by atoms with van der Waals surface area (Å²) in [7, 11) is 1.54. The van der Waals surface area contributed by atoms with Crippen LogP contribution >= 0.6 is 11.6 Å². The van der Waals surface area contributed by atoms with Crippen molar-refractivity contribution in [2.24, 2.45) is 0 Å². The minimum Gasteiger partial charge on any atom is -0.495 e.